The largest absolute Gasteiger partial charge is 0.373 e. The lowest BCUT2D eigenvalue weighted by molar-refractivity contribution is 0.00462. The van der Waals surface area contributed by atoms with Gasteiger partial charge in [-0.15, -0.1) is 0 Å². The zero-order valence-corrected chi connectivity index (χ0v) is 18.2. The number of halogens is 2. The summed E-state index contributed by atoms with van der Waals surface area (Å²) in [5.41, 5.74) is 4.43. The van der Waals surface area contributed by atoms with Gasteiger partial charge in [0.2, 0.25) is 0 Å². The van der Waals surface area contributed by atoms with Gasteiger partial charge in [0, 0.05) is 47.8 Å². The molecule has 168 valence electrons. The van der Waals surface area contributed by atoms with E-state index < -0.39 is 11.6 Å². The number of benzene rings is 1. The molecule has 2 fully saturated rings. The van der Waals surface area contributed by atoms with E-state index in [1.807, 2.05) is 23.9 Å². The molecule has 0 N–H and O–H groups in total. The molecule has 8 heteroatoms. The van der Waals surface area contributed by atoms with Crippen molar-refractivity contribution < 1.29 is 13.5 Å². The highest BCUT2D eigenvalue weighted by Crippen LogP contribution is 2.40. The van der Waals surface area contributed by atoms with Crippen LogP contribution >= 0.6 is 0 Å². The van der Waals surface area contributed by atoms with Crippen LogP contribution in [0.2, 0.25) is 0 Å². The van der Waals surface area contributed by atoms with Gasteiger partial charge in [0.1, 0.15) is 22.8 Å². The number of pyridine rings is 1. The Hall–Kier alpha value is -3.26. The van der Waals surface area contributed by atoms with Gasteiger partial charge in [-0.3, -0.25) is 9.67 Å². The molecule has 4 heterocycles. The molecule has 0 bridgehead atoms. The summed E-state index contributed by atoms with van der Waals surface area (Å²) in [6, 6.07) is 5.99. The Balaban J connectivity index is 1.39. The highest BCUT2D eigenvalue weighted by atomic mass is 19.1. The van der Waals surface area contributed by atoms with Gasteiger partial charge >= 0.3 is 0 Å². The molecule has 1 saturated carbocycles. The maximum Gasteiger partial charge on any atom is 0.135 e. The van der Waals surface area contributed by atoms with Crippen LogP contribution in [0, 0.1) is 18.6 Å². The van der Waals surface area contributed by atoms with E-state index in [1.165, 1.54) is 25.0 Å². The topological polar surface area (TPSA) is 65.7 Å². The predicted molar refractivity (Wildman–Crippen MR) is 119 cm³/mol. The number of nitrogens with zero attached hydrogens (tertiary/aromatic N) is 5. The molecule has 4 aromatic rings. The summed E-state index contributed by atoms with van der Waals surface area (Å²) in [5.74, 6) is -1.18. The third-order valence-corrected chi connectivity index (χ3v) is 6.47. The first kappa shape index (κ1) is 20.4. The fourth-order valence-corrected chi connectivity index (χ4v) is 4.57. The SMILES string of the molecule is Cc1cnc2c(-c3ccc(F)cc3F)nc([C@@H]3CCO[C@@H](c4cnn(C5CC5)c4)C3)cc2n1. The second-order valence-corrected chi connectivity index (χ2v) is 8.96. The van der Waals surface area contributed by atoms with Crippen LogP contribution in [0.15, 0.2) is 42.9 Å². The van der Waals surface area contributed by atoms with Crippen molar-refractivity contribution in [1.82, 2.24) is 24.7 Å². The molecular weight excluding hydrogens is 424 g/mol. The minimum Gasteiger partial charge on any atom is -0.373 e. The van der Waals surface area contributed by atoms with Crippen LogP contribution in [-0.2, 0) is 4.74 Å². The smallest absolute Gasteiger partial charge is 0.135 e. The normalized spacial score (nSPS) is 20.9. The van der Waals surface area contributed by atoms with Gasteiger partial charge in [0.25, 0.3) is 0 Å². The summed E-state index contributed by atoms with van der Waals surface area (Å²) in [4.78, 5) is 13.9. The van der Waals surface area contributed by atoms with Crippen molar-refractivity contribution in [3.8, 4) is 11.3 Å². The van der Waals surface area contributed by atoms with Gasteiger partial charge in [-0.1, -0.05) is 0 Å². The van der Waals surface area contributed by atoms with Crippen LogP contribution in [0.1, 0.15) is 60.7 Å². The van der Waals surface area contributed by atoms with E-state index in [4.69, 9.17) is 9.72 Å². The van der Waals surface area contributed by atoms with Crippen molar-refractivity contribution in [1.29, 1.82) is 0 Å². The van der Waals surface area contributed by atoms with E-state index in [2.05, 4.69) is 21.3 Å². The monoisotopic (exact) mass is 447 g/mol. The molecule has 0 spiro atoms. The number of aryl methyl sites for hydroxylation is 1. The second-order valence-electron chi connectivity index (χ2n) is 8.96. The van der Waals surface area contributed by atoms with Crippen molar-refractivity contribution in [2.24, 2.45) is 0 Å². The second kappa shape index (κ2) is 7.95. The van der Waals surface area contributed by atoms with Gasteiger partial charge in [-0.25, -0.2) is 18.7 Å². The Morgan fingerprint density at radius 1 is 1.06 bits per heavy atom. The zero-order valence-electron chi connectivity index (χ0n) is 18.2. The molecule has 0 amide bonds. The van der Waals surface area contributed by atoms with Crippen molar-refractivity contribution in [2.75, 3.05) is 6.61 Å². The van der Waals surface area contributed by atoms with Crippen molar-refractivity contribution in [2.45, 2.75) is 50.7 Å². The molecule has 3 aromatic heterocycles. The van der Waals surface area contributed by atoms with Crippen LogP contribution in [0.4, 0.5) is 8.78 Å². The van der Waals surface area contributed by atoms with E-state index >= 15 is 0 Å². The number of hydrogen-bond donors (Lipinski definition) is 0. The molecule has 6 rings (SSSR count). The fraction of sp³-hybridized carbons (Fsp3) is 0.360. The predicted octanol–water partition coefficient (Wildman–Crippen LogP) is 5.45. The third-order valence-electron chi connectivity index (χ3n) is 6.47. The average Bonchev–Trinajstić information content (AvgIpc) is 3.54. The average molecular weight is 447 g/mol. The molecule has 2 aliphatic rings. The van der Waals surface area contributed by atoms with E-state index in [1.54, 1.807) is 6.20 Å². The molecule has 1 aliphatic heterocycles. The Morgan fingerprint density at radius 2 is 1.94 bits per heavy atom. The highest BCUT2D eigenvalue weighted by molar-refractivity contribution is 5.89. The molecule has 0 radical (unpaired) electrons. The Kier molecular flexibility index (Phi) is 4.90. The quantitative estimate of drug-likeness (QED) is 0.417. The maximum absolute atomic E-state index is 14.7. The molecule has 1 saturated heterocycles. The van der Waals surface area contributed by atoms with E-state index in [0.717, 1.165) is 35.9 Å². The van der Waals surface area contributed by atoms with Gasteiger partial charge in [-0.05, 0) is 50.8 Å². The summed E-state index contributed by atoms with van der Waals surface area (Å²) in [6.07, 6.45) is 9.47. The van der Waals surface area contributed by atoms with Gasteiger partial charge in [-0.2, -0.15) is 5.10 Å². The van der Waals surface area contributed by atoms with Gasteiger partial charge < -0.3 is 4.74 Å². The third kappa shape index (κ3) is 3.88. The molecular formula is C25H23F2N5O. The minimum absolute atomic E-state index is 0.0663. The summed E-state index contributed by atoms with van der Waals surface area (Å²) >= 11 is 0. The number of ether oxygens (including phenoxy) is 1. The summed E-state index contributed by atoms with van der Waals surface area (Å²) in [5, 5.41) is 4.50. The number of fused-ring (bicyclic) bond motifs is 1. The fourth-order valence-electron chi connectivity index (χ4n) is 4.57. The number of rotatable bonds is 4. The summed E-state index contributed by atoms with van der Waals surface area (Å²) < 4.78 is 36.4. The lowest BCUT2D eigenvalue weighted by Crippen LogP contribution is -2.19. The van der Waals surface area contributed by atoms with Crippen LogP contribution in [0.5, 0.6) is 0 Å². The molecule has 2 atom stereocenters. The minimum atomic E-state index is -0.666. The van der Waals surface area contributed by atoms with Crippen molar-refractivity contribution in [3.05, 3.63) is 71.4 Å². The van der Waals surface area contributed by atoms with Gasteiger partial charge in [0.15, 0.2) is 0 Å². The van der Waals surface area contributed by atoms with Crippen LogP contribution in [0.3, 0.4) is 0 Å². The molecule has 0 unspecified atom stereocenters. The number of hydrogen-bond acceptors (Lipinski definition) is 5. The lowest BCUT2D eigenvalue weighted by Gasteiger charge is -2.29. The molecule has 6 nitrogen and oxygen atoms in total. The first-order valence-corrected chi connectivity index (χ1v) is 11.3. The highest BCUT2D eigenvalue weighted by Gasteiger charge is 2.30. The van der Waals surface area contributed by atoms with Gasteiger partial charge in [0.05, 0.1) is 29.6 Å². The Bertz CT molecular complexity index is 1350. The Morgan fingerprint density at radius 3 is 2.76 bits per heavy atom. The van der Waals surface area contributed by atoms with E-state index in [-0.39, 0.29) is 17.6 Å². The zero-order chi connectivity index (χ0) is 22.5. The van der Waals surface area contributed by atoms with Crippen LogP contribution < -0.4 is 0 Å². The van der Waals surface area contributed by atoms with Crippen LogP contribution in [-0.4, -0.2) is 31.3 Å². The first-order chi connectivity index (χ1) is 16.0. The van der Waals surface area contributed by atoms with Crippen molar-refractivity contribution >= 4 is 11.0 Å². The molecule has 33 heavy (non-hydrogen) atoms. The summed E-state index contributed by atoms with van der Waals surface area (Å²) in [6.45, 7) is 2.47. The number of aromatic nitrogens is 5. The van der Waals surface area contributed by atoms with Crippen LogP contribution in [0.25, 0.3) is 22.3 Å². The summed E-state index contributed by atoms with van der Waals surface area (Å²) in [7, 11) is 0. The first-order valence-electron chi connectivity index (χ1n) is 11.3. The van der Waals surface area contributed by atoms with Crippen molar-refractivity contribution in [3.63, 3.8) is 0 Å². The standard InChI is InChI=1S/C25H23F2N5O/c1-14-11-28-25-22(30-14)10-21(31-24(25)19-5-2-17(26)9-20(19)27)15-6-7-33-23(8-15)16-12-29-32(13-16)18-3-4-18/h2,5,9-13,15,18,23H,3-4,6-8H2,1H3/t15-,23-/m1/s1. The lowest BCUT2D eigenvalue weighted by atomic mass is 9.89. The molecule has 1 aliphatic carbocycles. The molecule has 1 aromatic carbocycles. The van der Waals surface area contributed by atoms with E-state index in [0.29, 0.717) is 29.4 Å². The maximum atomic E-state index is 14.7. The van der Waals surface area contributed by atoms with E-state index in [9.17, 15) is 8.78 Å². The Labute approximate surface area is 189 Å².